The number of carbonyl (C=O) groups is 1. The standard InChI is InChI=1S/C22H27N3O5S/c1-29-18-9-11-19(12-10-18)30-15-13-22(26)24-17-6-5-7-20(16-17)31(27,28)25-21-8-3-2-4-14-23-21/h5-7,9-12,16H,2-4,8,13-15H2,1H3,(H,23,25)(H,24,26). The van der Waals surface area contributed by atoms with Crippen LogP contribution in [-0.2, 0) is 14.8 Å². The summed E-state index contributed by atoms with van der Waals surface area (Å²) in [6, 6.07) is 13.2. The number of rotatable bonds is 8. The molecule has 31 heavy (non-hydrogen) atoms. The van der Waals surface area contributed by atoms with Crippen LogP contribution in [0.3, 0.4) is 0 Å². The first kappa shape index (κ1) is 22.6. The lowest BCUT2D eigenvalue weighted by atomic mass is 10.2. The third kappa shape index (κ3) is 6.99. The molecule has 0 saturated heterocycles. The van der Waals surface area contributed by atoms with E-state index in [0.29, 0.717) is 30.2 Å². The highest BCUT2D eigenvalue weighted by Crippen LogP contribution is 2.18. The van der Waals surface area contributed by atoms with Crippen molar-refractivity contribution in [2.45, 2.75) is 37.0 Å². The second-order valence-electron chi connectivity index (χ2n) is 7.09. The zero-order valence-corrected chi connectivity index (χ0v) is 18.3. The highest BCUT2D eigenvalue weighted by atomic mass is 32.2. The fraction of sp³-hybridized carbons (Fsp3) is 0.364. The van der Waals surface area contributed by atoms with Crippen molar-refractivity contribution < 1.29 is 22.7 Å². The van der Waals surface area contributed by atoms with Gasteiger partial charge in [0.15, 0.2) is 0 Å². The Morgan fingerprint density at radius 2 is 1.84 bits per heavy atom. The lowest BCUT2D eigenvalue weighted by Gasteiger charge is -2.11. The lowest BCUT2D eigenvalue weighted by molar-refractivity contribution is -0.116. The van der Waals surface area contributed by atoms with E-state index in [1.165, 1.54) is 12.1 Å². The molecule has 2 aromatic carbocycles. The van der Waals surface area contributed by atoms with E-state index in [2.05, 4.69) is 15.0 Å². The van der Waals surface area contributed by atoms with E-state index in [4.69, 9.17) is 9.47 Å². The summed E-state index contributed by atoms with van der Waals surface area (Å²) in [4.78, 5) is 16.6. The highest BCUT2D eigenvalue weighted by molar-refractivity contribution is 7.90. The lowest BCUT2D eigenvalue weighted by Crippen LogP contribution is -2.30. The summed E-state index contributed by atoms with van der Waals surface area (Å²) >= 11 is 0. The minimum Gasteiger partial charge on any atom is -0.497 e. The third-order valence-corrected chi connectivity index (χ3v) is 6.09. The van der Waals surface area contributed by atoms with E-state index in [9.17, 15) is 13.2 Å². The fourth-order valence-corrected chi connectivity index (χ4v) is 4.20. The van der Waals surface area contributed by atoms with Gasteiger partial charge in [-0.25, -0.2) is 8.42 Å². The first-order chi connectivity index (χ1) is 15.0. The van der Waals surface area contributed by atoms with Gasteiger partial charge in [-0.3, -0.25) is 14.5 Å². The van der Waals surface area contributed by atoms with Crippen molar-refractivity contribution in [2.75, 3.05) is 25.6 Å². The first-order valence-electron chi connectivity index (χ1n) is 10.2. The number of anilines is 1. The second kappa shape index (κ2) is 10.8. The number of nitrogens with one attached hydrogen (secondary N) is 2. The van der Waals surface area contributed by atoms with Crippen LogP contribution in [0.4, 0.5) is 5.69 Å². The van der Waals surface area contributed by atoms with Crippen LogP contribution in [-0.4, -0.2) is 40.4 Å². The molecule has 1 aliphatic rings. The maximum atomic E-state index is 12.7. The van der Waals surface area contributed by atoms with Crippen LogP contribution >= 0.6 is 0 Å². The number of hydrogen-bond donors (Lipinski definition) is 2. The molecule has 0 spiro atoms. The number of hydrogen-bond acceptors (Lipinski definition) is 6. The molecule has 2 aromatic rings. The summed E-state index contributed by atoms with van der Waals surface area (Å²) in [6.07, 6.45) is 3.66. The molecule has 0 aromatic heterocycles. The predicted molar refractivity (Wildman–Crippen MR) is 119 cm³/mol. The molecule has 9 heteroatoms. The molecule has 1 aliphatic heterocycles. The fourth-order valence-electron chi connectivity index (χ4n) is 3.07. The van der Waals surface area contributed by atoms with Gasteiger partial charge in [-0.2, -0.15) is 0 Å². The number of nitrogens with zero attached hydrogens (tertiary/aromatic N) is 1. The Bertz CT molecular complexity index is 1020. The molecule has 1 heterocycles. The van der Waals surface area contributed by atoms with Crippen molar-refractivity contribution in [1.29, 1.82) is 0 Å². The van der Waals surface area contributed by atoms with Crippen LogP contribution in [0.15, 0.2) is 58.4 Å². The van der Waals surface area contributed by atoms with Crippen LogP contribution in [0.5, 0.6) is 11.5 Å². The molecular formula is C22H27N3O5S. The average molecular weight is 446 g/mol. The van der Waals surface area contributed by atoms with Gasteiger partial charge >= 0.3 is 0 Å². The van der Waals surface area contributed by atoms with E-state index in [1.54, 1.807) is 43.5 Å². The number of ether oxygens (including phenoxy) is 2. The Hall–Kier alpha value is -3.07. The summed E-state index contributed by atoms with van der Waals surface area (Å²) in [5.74, 6) is 1.57. The monoisotopic (exact) mass is 445 g/mol. The maximum absolute atomic E-state index is 12.7. The molecule has 3 rings (SSSR count). The zero-order valence-electron chi connectivity index (χ0n) is 17.5. The van der Waals surface area contributed by atoms with Crippen LogP contribution < -0.4 is 19.5 Å². The Balaban J connectivity index is 1.54. The van der Waals surface area contributed by atoms with Crippen molar-refractivity contribution in [1.82, 2.24) is 4.72 Å². The normalized spacial score (nSPS) is 14.2. The van der Waals surface area contributed by atoms with Gasteiger partial charge in [0.05, 0.1) is 25.0 Å². The van der Waals surface area contributed by atoms with Crippen molar-refractivity contribution in [3.05, 3.63) is 48.5 Å². The number of benzene rings is 2. The molecule has 0 bridgehead atoms. The summed E-state index contributed by atoms with van der Waals surface area (Å²) in [5.41, 5.74) is 0.403. The minimum atomic E-state index is -3.76. The molecule has 1 amide bonds. The molecule has 0 unspecified atom stereocenters. The Kier molecular flexibility index (Phi) is 7.88. The van der Waals surface area contributed by atoms with Gasteiger partial charge in [-0.1, -0.05) is 12.5 Å². The van der Waals surface area contributed by atoms with Crippen molar-refractivity contribution in [3.63, 3.8) is 0 Å². The number of carbonyl (C=O) groups excluding carboxylic acids is 1. The van der Waals surface area contributed by atoms with Crippen molar-refractivity contribution in [2.24, 2.45) is 4.99 Å². The van der Waals surface area contributed by atoms with Gasteiger partial charge in [0.2, 0.25) is 5.91 Å². The second-order valence-corrected chi connectivity index (χ2v) is 8.78. The Labute approximate surface area is 182 Å². The van der Waals surface area contributed by atoms with Gasteiger partial charge in [-0.05, 0) is 55.3 Å². The number of amides is 1. The maximum Gasteiger partial charge on any atom is 0.262 e. The average Bonchev–Trinajstić information content (AvgIpc) is 3.02. The summed E-state index contributed by atoms with van der Waals surface area (Å²) < 4.78 is 38.6. The van der Waals surface area contributed by atoms with E-state index < -0.39 is 10.0 Å². The SMILES string of the molecule is COc1ccc(OCCC(=O)Nc2cccc(S(=O)(=O)NC3=NCCCCC3)c2)cc1. The summed E-state index contributed by atoms with van der Waals surface area (Å²) in [6.45, 7) is 0.823. The number of amidine groups is 1. The largest absolute Gasteiger partial charge is 0.497 e. The molecule has 0 aliphatic carbocycles. The Morgan fingerprint density at radius 3 is 2.61 bits per heavy atom. The van der Waals surface area contributed by atoms with Gasteiger partial charge in [0, 0.05) is 18.7 Å². The molecule has 0 radical (unpaired) electrons. The van der Waals surface area contributed by atoms with Crippen LogP contribution in [0, 0.1) is 0 Å². The van der Waals surface area contributed by atoms with Crippen molar-refractivity contribution >= 4 is 27.5 Å². The third-order valence-electron chi connectivity index (χ3n) is 4.71. The van der Waals surface area contributed by atoms with Crippen LogP contribution in [0.1, 0.15) is 32.1 Å². The molecule has 2 N–H and O–H groups in total. The molecule has 166 valence electrons. The molecule has 0 saturated carbocycles. The van der Waals surface area contributed by atoms with Crippen molar-refractivity contribution in [3.8, 4) is 11.5 Å². The molecule has 8 nitrogen and oxygen atoms in total. The Morgan fingerprint density at radius 1 is 1.06 bits per heavy atom. The van der Waals surface area contributed by atoms with E-state index in [1.807, 2.05) is 0 Å². The quantitative estimate of drug-likeness (QED) is 0.648. The predicted octanol–water partition coefficient (Wildman–Crippen LogP) is 3.35. The molecule has 0 atom stereocenters. The van der Waals surface area contributed by atoms with E-state index in [-0.39, 0.29) is 23.8 Å². The topological polar surface area (TPSA) is 106 Å². The number of methoxy groups -OCH3 is 1. The first-order valence-corrected chi connectivity index (χ1v) is 11.7. The summed E-state index contributed by atoms with van der Waals surface area (Å²) in [7, 11) is -2.17. The zero-order chi connectivity index (χ0) is 22.1. The van der Waals surface area contributed by atoms with Gasteiger partial charge in [-0.15, -0.1) is 0 Å². The van der Waals surface area contributed by atoms with Crippen LogP contribution in [0.25, 0.3) is 0 Å². The number of aliphatic imine (C=N–C) groups is 1. The molecular weight excluding hydrogens is 418 g/mol. The van der Waals surface area contributed by atoms with E-state index in [0.717, 1.165) is 25.0 Å². The minimum absolute atomic E-state index is 0.0757. The van der Waals surface area contributed by atoms with Gasteiger partial charge < -0.3 is 14.8 Å². The van der Waals surface area contributed by atoms with Gasteiger partial charge in [0.1, 0.15) is 17.3 Å². The molecule has 0 fully saturated rings. The smallest absolute Gasteiger partial charge is 0.262 e. The summed E-state index contributed by atoms with van der Waals surface area (Å²) in [5, 5.41) is 2.71. The van der Waals surface area contributed by atoms with E-state index >= 15 is 0 Å². The highest BCUT2D eigenvalue weighted by Gasteiger charge is 2.18. The van der Waals surface area contributed by atoms with Gasteiger partial charge in [0.25, 0.3) is 10.0 Å². The number of sulfonamides is 1. The van der Waals surface area contributed by atoms with Crippen LogP contribution in [0.2, 0.25) is 0 Å².